The molecule has 2 atom stereocenters. The Hall–Kier alpha value is -1.92. The maximum absolute atomic E-state index is 12.3. The molecule has 0 saturated carbocycles. The molecule has 1 aliphatic rings. The van der Waals surface area contributed by atoms with Gasteiger partial charge in [0.2, 0.25) is 5.91 Å². The Morgan fingerprint density at radius 2 is 1.68 bits per heavy atom. The number of nitrogens with zero attached hydrogens (tertiary/aromatic N) is 2. The van der Waals surface area contributed by atoms with E-state index in [0.29, 0.717) is 30.9 Å². The number of hydrogen-bond acceptors (Lipinski definition) is 4. The topological polar surface area (TPSA) is 61.9 Å². The second-order valence-electron chi connectivity index (χ2n) is 6.55. The number of hydrogen-bond donors (Lipinski definition) is 1. The number of carbonyl (C=O) groups excluding carboxylic acids is 2. The molecule has 0 aliphatic carbocycles. The van der Waals surface area contributed by atoms with Gasteiger partial charge in [0.1, 0.15) is 0 Å². The fourth-order valence-electron chi connectivity index (χ4n) is 3.21. The van der Waals surface area contributed by atoms with Crippen LogP contribution in [-0.4, -0.2) is 66.5 Å². The molecule has 2 amide bonds. The molecule has 1 aliphatic heterocycles. The van der Waals surface area contributed by atoms with Gasteiger partial charge in [-0.15, -0.1) is 0 Å². The van der Waals surface area contributed by atoms with Crippen LogP contribution >= 0.6 is 0 Å². The van der Waals surface area contributed by atoms with Gasteiger partial charge in [0, 0.05) is 37.4 Å². The number of anilines is 1. The first kappa shape index (κ1) is 19.4. The Morgan fingerprint density at radius 1 is 1.12 bits per heavy atom. The number of nitrogens with one attached hydrogen (secondary N) is 1. The second-order valence-corrected chi connectivity index (χ2v) is 6.55. The number of ether oxygens (including phenoxy) is 1. The van der Waals surface area contributed by atoms with E-state index in [-0.39, 0.29) is 24.0 Å². The first-order valence-corrected chi connectivity index (χ1v) is 8.99. The molecule has 1 heterocycles. The summed E-state index contributed by atoms with van der Waals surface area (Å²) >= 11 is 0. The van der Waals surface area contributed by atoms with E-state index in [0.717, 1.165) is 13.1 Å². The molecule has 1 aromatic rings. The molecular weight excluding hydrogens is 318 g/mol. The van der Waals surface area contributed by atoms with Crippen molar-refractivity contribution < 1.29 is 14.3 Å². The van der Waals surface area contributed by atoms with Gasteiger partial charge in [0.25, 0.3) is 5.91 Å². The van der Waals surface area contributed by atoms with Crippen LogP contribution in [-0.2, 0) is 9.53 Å². The summed E-state index contributed by atoms with van der Waals surface area (Å²) in [6, 6.07) is 7.07. The lowest BCUT2D eigenvalue weighted by Crippen LogP contribution is -2.48. The maximum atomic E-state index is 12.3. The maximum Gasteiger partial charge on any atom is 0.253 e. The quantitative estimate of drug-likeness (QED) is 0.857. The molecule has 1 fully saturated rings. The van der Waals surface area contributed by atoms with Crippen LogP contribution < -0.4 is 5.32 Å². The molecule has 0 aromatic heterocycles. The minimum atomic E-state index is -0.0517. The van der Waals surface area contributed by atoms with Gasteiger partial charge in [0.05, 0.1) is 18.8 Å². The van der Waals surface area contributed by atoms with Crippen LogP contribution in [0.5, 0.6) is 0 Å². The zero-order valence-corrected chi connectivity index (χ0v) is 15.6. The lowest BCUT2D eigenvalue weighted by Gasteiger charge is -2.34. The van der Waals surface area contributed by atoms with Crippen molar-refractivity contribution in [3.8, 4) is 0 Å². The Labute approximate surface area is 150 Å². The number of morpholine rings is 1. The van der Waals surface area contributed by atoms with Crippen molar-refractivity contribution in [3.05, 3.63) is 29.8 Å². The molecule has 6 nitrogen and oxygen atoms in total. The van der Waals surface area contributed by atoms with E-state index >= 15 is 0 Å². The lowest BCUT2D eigenvalue weighted by molar-refractivity contribution is -0.121. The molecule has 2 rings (SSSR count). The van der Waals surface area contributed by atoms with E-state index in [2.05, 4.69) is 10.2 Å². The van der Waals surface area contributed by atoms with Crippen LogP contribution in [0.1, 0.15) is 38.1 Å². The summed E-state index contributed by atoms with van der Waals surface area (Å²) in [5.74, 6) is -0.0386. The third-order valence-corrected chi connectivity index (χ3v) is 4.33. The lowest BCUT2D eigenvalue weighted by atomic mass is 10.1. The number of rotatable bonds is 6. The highest BCUT2D eigenvalue weighted by molar-refractivity contribution is 5.96. The van der Waals surface area contributed by atoms with Crippen molar-refractivity contribution in [1.29, 1.82) is 0 Å². The highest BCUT2D eigenvalue weighted by atomic mass is 16.5. The van der Waals surface area contributed by atoms with Gasteiger partial charge < -0.3 is 15.0 Å². The standard InChI is InChI=1S/C19H29N3O3/c1-5-22(6-2)19(24)16-7-9-17(10-8-16)20-18(23)13-21-11-14(3)25-15(4)12-21/h7-10,14-15H,5-6,11-13H2,1-4H3,(H,20,23)/t14-,15-/m1/s1. The largest absolute Gasteiger partial charge is 0.373 e. The molecule has 6 heteroatoms. The zero-order valence-electron chi connectivity index (χ0n) is 15.6. The van der Waals surface area contributed by atoms with E-state index in [1.165, 1.54) is 0 Å². The summed E-state index contributed by atoms with van der Waals surface area (Å²) in [5, 5.41) is 2.90. The fraction of sp³-hybridized carbons (Fsp3) is 0.579. The molecule has 1 saturated heterocycles. The SMILES string of the molecule is CCN(CC)C(=O)c1ccc(NC(=O)CN2C[C@@H](C)O[C@H](C)C2)cc1. The van der Waals surface area contributed by atoms with Crippen LogP contribution in [0.15, 0.2) is 24.3 Å². The predicted molar refractivity (Wildman–Crippen MR) is 98.8 cm³/mol. The van der Waals surface area contributed by atoms with Crippen molar-refractivity contribution in [2.24, 2.45) is 0 Å². The second kappa shape index (κ2) is 8.97. The fourth-order valence-corrected chi connectivity index (χ4v) is 3.21. The van der Waals surface area contributed by atoms with E-state index in [9.17, 15) is 9.59 Å². The summed E-state index contributed by atoms with van der Waals surface area (Å²) in [6.45, 7) is 11.2. The van der Waals surface area contributed by atoms with Gasteiger partial charge in [-0.25, -0.2) is 0 Å². The Morgan fingerprint density at radius 3 is 2.20 bits per heavy atom. The normalized spacial score (nSPS) is 21.0. The van der Waals surface area contributed by atoms with E-state index in [4.69, 9.17) is 4.74 Å². The average molecular weight is 347 g/mol. The van der Waals surface area contributed by atoms with Crippen LogP contribution in [0.25, 0.3) is 0 Å². The summed E-state index contributed by atoms with van der Waals surface area (Å²) in [7, 11) is 0. The summed E-state index contributed by atoms with van der Waals surface area (Å²) in [6.07, 6.45) is 0.281. The smallest absolute Gasteiger partial charge is 0.253 e. The van der Waals surface area contributed by atoms with Gasteiger partial charge in [-0.1, -0.05) is 0 Å². The van der Waals surface area contributed by atoms with Crippen molar-refractivity contribution in [2.75, 3.05) is 38.0 Å². The van der Waals surface area contributed by atoms with Crippen molar-refractivity contribution >= 4 is 17.5 Å². The first-order valence-electron chi connectivity index (χ1n) is 8.99. The highest BCUT2D eigenvalue weighted by Crippen LogP contribution is 2.13. The molecule has 25 heavy (non-hydrogen) atoms. The number of benzene rings is 1. The molecule has 0 spiro atoms. The molecule has 138 valence electrons. The number of amides is 2. The van der Waals surface area contributed by atoms with E-state index in [1.807, 2.05) is 27.7 Å². The molecule has 1 N–H and O–H groups in total. The Kier molecular flexibility index (Phi) is 6.96. The molecule has 0 bridgehead atoms. The molecular formula is C19H29N3O3. The first-order chi connectivity index (χ1) is 11.9. The van der Waals surface area contributed by atoms with Gasteiger partial charge in [-0.2, -0.15) is 0 Å². The minimum Gasteiger partial charge on any atom is -0.373 e. The Balaban J connectivity index is 1.90. The summed E-state index contributed by atoms with van der Waals surface area (Å²) < 4.78 is 5.68. The van der Waals surface area contributed by atoms with Gasteiger partial charge in [-0.3, -0.25) is 14.5 Å². The van der Waals surface area contributed by atoms with Gasteiger partial charge in [0.15, 0.2) is 0 Å². The van der Waals surface area contributed by atoms with Gasteiger partial charge >= 0.3 is 0 Å². The van der Waals surface area contributed by atoms with Crippen LogP contribution in [0.2, 0.25) is 0 Å². The van der Waals surface area contributed by atoms with Crippen molar-refractivity contribution in [2.45, 2.75) is 39.9 Å². The van der Waals surface area contributed by atoms with Crippen molar-refractivity contribution in [1.82, 2.24) is 9.80 Å². The minimum absolute atomic E-state index is 0.0131. The van der Waals surface area contributed by atoms with Crippen LogP contribution in [0.3, 0.4) is 0 Å². The Bertz CT molecular complexity index is 574. The van der Waals surface area contributed by atoms with E-state index in [1.54, 1.807) is 29.2 Å². The molecule has 0 unspecified atom stereocenters. The average Bonchev–Trinajstić information content (AvgIpc) is 2.55. The monoisotopic (exact) mass is 347 g/mol. The zero-order chi connectivity index (χ0) is 18.4. The summed E-state index contributed by atoms with van der Waals surface area (Å²) in [4.78, 5) is 28.4. The highest BCUT2D eigenvalue weighted by Gasteiger charge is 2.23. The van der Waals surface area contributed by atoms with E-state index < -0.39 is 0 Å². The predicted octanol–water partition coefficient (Wildman–Crippen LogP) is 2.22. The molecule has 0 radical (unpaired) electrons. The van der Waals surface area contributed by atoms with Gasteiger partial charge in [-0.05, 0) is 52.0 Å². The summed E-state index contributed by atoms with van der Waals surface area (Å²) in [5.41, 5.74) is 1.34. The third-order valence-electron chi connectivity index (χ3n) is 4.33. The molecule has 1 aromatic carbocycles. The third kappa shape index (κ3) is 5.54. The van der Waals surface area contributed by atoms with Crippen molar-refractivity contribution in [3.63, 3.8) is 0 Å². The van der Waals surface area contributed by atoms with Crippen LogP contribution in [0, 0.1) is 0 Å². The van der Waals surface area contributed by atoms with Crippen LogP contribution in [0.4, 0.5) is 5.69 Å². The number of carbonyl (C=O) groups is 2.